The summed E-state index contributed by atoms with van der Waals surface area (Å²) in [6.07, 6.45) is 5.83. The van der Waals surface area contributed by atoms with Crippen LogP contribution in [-0.2, 0) is 10.0 Å². The zero-order valence-corrected chi connectivity index (χ0v) is 18.5. The Kier molecular flexibility index (Phi) is 7.18. The van der Waals surface area contributed by atoms with E-state index in [1.54, 1.807) is 18.2 Å². The highest BCUT2D eigenvalue weighted by molar-refractivity contribution is 7.89. The van der Waals surface area contributed by atoms with Crippen molar-refractivity contribution in [3.63, 3.8) is 0 Å². The number of methoxy groups -OCH3 is 2. The standard InChI is InChI=1S/C22H24ClNO5S/c1-28-21-15-16(14-19(23)22(21)29-2)6-11-20(25)17-7-9-18(10-8-17)30(26,27)24-12-4-3-5-13-24/h6-11,14-15H,3-5,12-13H2,1-2H3. The number of hydrogen-bond acceptors (Lipinski definition) is 5. The summed E-state index contributed by atoms with van der Waals surface area (Å²) in [6.45, 7) is 1.08. The van der Waals surface area contributed by atoms with E-state index in [0.717, 1.165) is 19.3 Å². The molecule has 0 spiro atoms. The van der Waals surface area contributed by atoms with E-state index in [4.69, 9.17) is 21.1 Å². The Labute approximate surface area is 182 Å². The van der Waals surface area contributed by atoms with Gasteiger partial charge in [-0.25, -0.2) is 8.42 Å². The van der Waals surface area contributed by atoms with E-state index in [9.17, 15) is 13.2 Å². The van der Waals surface area contributed by atoms with Crippen molar-refractivity contribution in [1.82, 2.24) is 4.31 Å². The van der Waals surface area contributed by atoms with E-state index in [2.05, 4.69) is 0 Å². The predicted molar refractivity (Wildman–Crippen MR) is 117 cm³/mol. The number of rotatable bonds is 7. The molecule has 0 saturated carbocycles. The van der Waals surface area contributed by atoms with Crippen molar-refractivity contribution in [3.05, 3.63) is 58.6 Å². The molecule has 160 valence electrons. The van der Waals surface area contributed by atoms with Crippen molar-refractivity contribution in [2.75, 3.05) is 27.3 Å². The average molecular weight is 450 g/mol. The molecular formula is C22H24ClNO5S. The van der Waals surface area contributed by atoms with E-state index in [1.165, 1.54) is 48.9 Å². The molecule has 0 atom stereocenters. The monoisotopic (exact) mass is 449 g/mol. The molecule has 1 saturated heterocycles. The first-order valence-electron chi connectivity index (χ1n) is 9.61. The first kappa shape index (κ1) is 22.3. The molecule has 0 N–H and O–H groups in total. The highest BCUT2D eigenvalue weighted by Gasteiger charge is 2.25. The third-order valence-electron chi connectivity index (χ3n) is 4.97. The number of ketones is 1. The van der Waals surface area contributed by atoms with E-state index in [0.29, 0.717) is 40.7 Å². The van der Waals surface area contributed by atoms with Gasteiger partial charge in [0, 0.05) is 18.7 Å². The van der Waals surface area contributed by atoms with E-state index in [-0.39, 0.29) is 10.7 Å². The van der Waals surface area contributed by atoms with Crippen LogP contribution in [0.2, 0.25) is 5.02 Å². The second-order valence-electron chi connectivity index (χ2n) is 6.92. The van der Waals surface area contributed by atoms with Crippen molar-refractivity contribution in [3.8, 4) is 11.5 Å². The minimum atomic E-state index is -3.52. The minimum absolute atomic E-state index is 0.205. The molecule has 6 nitrogen and oxygen atoms in total. The van der Waals surface area contributed by atoms with E-state index in [1.807, 2.05) is 0 Å². The van der Waals surface area contributed by atoms with Gasteiger partial charge in [-0.05, 0) is 60.9 Å². The Hall–Kier alpha value is -2.35. The summed E-state index contributed by atoms with van der Waals surface area (Å²) in [6, 6.07) is 9.41. The van der Waals surface area contributed by atoms with Gasteiger partial charge in [0.15, 0.2) is 17.3 Å². The summed E-state index contributed by atoms with van der Waals surface area (Å²) in [5.74, 6) is 0.639. The van der Waals surface area contributed by atoms with Gasteiger partial charge < -0.3 is 9.47 Å². The summed E-state index contributed by atoms with van der Waals surface area (Å²) in [5, 5.41) is 0.372. The van der Waals surface area contributed by atoms with Crippen LogP contribution in [-0.4, -0.2) is 45.8 Å². The normalized spacial score (nSPS) is 15.3. The minimum Gasteiger partial charge on any atom is -0.493 e. The van der Waals surface area contributed by atoms with Crippen LogP contribution in [0.5, 0.6) is 11.5 Å². The first-order valence-corrected chi connectivity index (χ1v) is 11.4. The van der Waals surface area contributed by atoms with Crippen molar-refractivity contribution < 1.29 is 22.7 Å². The summed E-state index contributed by atoms with van der Waals surface area (Å²) >= 11 is 6.19. The fraction of sp³-hybridized carbons (Fsp3) is 0.318. The summed E-state index contributed by atoms with van der Waals surface area (Å²) in [5.41, 5.74) is 1.07. The number of carbonyl (C=O) groups is 1. The van der Waals surface area contributed by atoms with Gasteiger partial charge in [-0.3, -0.25) is 4.79 Å². The van der Waals surface area contributed by atoms with Crippen LogP contribution in [0.4, 0.5) is 0 Å². The van der Waals surface area contributed by atoms with Gasteiger partial charge in [0.05, 0.1) is 24.1 Å². The lowest BCUT2D eigenvalue weighted by molar-refractivity contribution is 0.104. The number of ether oxygens (including phenoxy) is 2. The van der Waals surface area contributed by atoms with Crippen molar-refractivity contribution in [1.29, 1.82) is 0 Å². The average Bonchev–Trinajstić information content (AvgIpc) is 2.77. The lowest BCUT2D eigenvalue weighted by Crippen LogP contribution is -2.35. The van der Waals surface area contributed by atoms with Gasteiger partial charge in [0.2, 0.25) is 10.0 Å². The molecule has 2 aromatic carbocycles. The lowest BCUT2D eigenvalue weighted by atomic mass is 10.1. The van der Waals surface area contributed by atoms with Gasteiger partial charge in [-0.1, -0.05) is 24.1 Å². The van der Waals surface area contributed by atoms with Gasteiger partial charge in [0.1, 0.15) is 0 Å². The van der Waals surface area contributed by atoms with Crippen LogP contribution < -0.4 is 9.47 Å². The molecule has 0 aromatic heterocycles. The van der Waals surface area contributed by atoms with Crippen molar-refractivity contribution in [2.45, 2.75) is 24.2 Å². The van der Waals surface area contributed by atoms with Gasteiger partial charge >= 0.3 is 0 Å². The number of nitrogens with zero attached hydrogens (tertiary/aromatic N) is 1. The quantitative estimate of drug-likeness (QED) is 0.462. The Morgan fingerprint density at radius 2 is 1.70 bits per heavy atom. The maximum atomic E-state index is 12.7. The highest BCUT2D eigenvalue weighted by Crippen LogP contribution is 2.36. The van der Waals surface area contributed by atoms with Crippen LogP contribution in [0, 0.1) is 0 Å². The fourth-order valence-corrected chi connectivity index (χ4v) is 5.16. The highest BCUT2D eigenvalue weighted by atomic mass is 35.5. The molecule has 1 heterocycles. The Balaban J connectivity index is 1.76. The number of piperidine rings is 1. The molecular weight excluding hydrogens is 426 g/mol. The zero-order valence-electron chi connectivity index (χ0n) is 16.9. The number of benzene rings is 2. The third-order valence-corrected chi connectivity index (χ3v) is 7.17. The molecule has 1 aliphatic heterocycles. The SMILES string of the molecule is COc1cc(C=CC(=O)c2ccc(S(=O)(=O)N3CCCCC3)cc2)cc(Cl)c1OC. The number of hydrogen-bond donors (Lipinski definition) is 0. The molecule has 2 aromatic rings. The maximum Gasteiger partial charge on any atom is 0.243 e. The Morgan fingerprint density at radius 1 is 1.03 bits per heavy atom. The van der Waals surface area contributed by atoms with Gasteiger partial charge in [-0.15, -0.1) is 0 Å². The third kappa shape index (κ3) is 4.86. The molecule has 0 aliphatic carbocycles. The Morgan fingerprint density at radius 3 is 2.30 bits per heavy atom. The number of carbonyl (C=O) groups excluding carboxylic acids is 1. The van der Waals surface area contributed by atoms with Crippen LogP contribution in [0.3, 0.4) is 0 Å². The number of sulfonamides is 1. The smallest absolute Gasteiger partial charge is 0.243 e. The lowest BCUT2D eigenvalue weighted by Gasteiger charge is -2.25. The molecule has 0 bridgehead atoms. The van der Waals surface area contributed by atoms with Crippen molar-refractivity contribution >= 4 is 33.5 Å². The second kappa shape index (κ2) is 9.64. The van der Waals surface area contributed by atoms with Gasteiger partial charge in [0.25, 0.3) is 0 Å². The first-order chi connectivity index (χ1) is 14.4. The van der Waals surface area contributed by atoms with Crippen LogP contribution in [0.1, 0.15) is 35.2 Å². The molecule has 30 heavy (non-hydrogen) atoms. The van der Waals surface area contributed by atoms with Gasteiger partial charge in [-0.2, -0.15) is 4.31 Å². The molecule has 0 amide bonds. The second-order valence-corrected chi connectivity index (χ2v) is 9.27. The van der Waals surface area contributed by atoms with E-state index >= 15 is 0 Å². The largest absolute Gasteiger partial charge is 0.493 e. The molecule has 0 unspecified atom stereocenters. The summed E-state index contributed by atoms with van der Waals surface area (Å²) in [7, 11) is -0.511. The number of allylic oxidation sites excluding steroid dienone is 1. The molecule has 1 aliphatic rings. The predicted octanol–water partition coefficient (Wildman–Crippen LogP) is 4.43. The fourth-order valence-electron chi connectivity index (χ4n) is 3.35. The van der Waals surface area contributed by atoms with E-state index < -0.39 is 10.0 Å². The zero-order chi connectivity index (χ0) is 21.7. The molecule has 1 fully saturated rings. The van der Waals surface area contributed by atoms with Crippen LogP contribution >= 0.6 is 11.6 Å². The molecule has 0 radical (unpaired) electrons. The van der Waals surface area contributed by atoms with Crippen molar-refractivity contribution in [2.24, 2.45) is 0 Å². The summed E-state index contributed by atoms with van der Waals surface area (Å²) < 4.78 is 37.4. The molecule has 8 heteroatoms. The summed E-state index contributed by atoms with van der Waals surface area (Å²) in [4.78, 5) is 12.7. The topological polar surface area (TPSA) is 72.9 Å². The number of halogens is 1. The van der Waals surface area contributed by atoms with Crippen LogP contribution in [0.25, 0.3) is 6.08 Å². The Bertz CT molecular complexity index is 1040. The maximum absolute atomic E-state index is 12.7. The molecule has 3 rings (SSSR count). The van der Waals surface area contributed by atoms with Crippen LogP contribution in [0.15, 0.2) is 47.4 Å².